The van der Waals surface area contributed by atoms with Gasteiger partial charge in [0.05, 0.1) is 17.3 Å². The number of carbonyl (C=O) groups is 1. The Hall–Kier alpha value is -2.99. The van der Waals surface area contributed by atoms with Crippen molar-refractivity contribution in [2.24, 2.45) is 0 Å². The summed E-state index contributed by atoms with van der Waals surface area (Å²) in [5.74, 6) is 0.229. The molecule has 4 rings (SSSR count). The Morgan fingerprint density at radius 2 is 2.00 bits per heavy atom. The summed E-state index contributed by atoms with van der Waals surface area (Å²) < 4.78 is 24.9. The van der Waals surface area contributed by atoms with Gasteiger partial charge in [-0.3, -0.25) is 4.79 Å². The predicted molar refractivity (Wildman–Crippen MR) is 114 cm³/mol. The van der Waals surface area contributed by atoms with Crippen LogP contribution in [0.5, 0.6) is 5.75 Å². The van der Waals surface area contributed by atoms with E-state index in [1.165, 1.54) is 6.07 Å². The first-order valence-electron chi connectivity index (χ1n) is 10.2. The third-order valence-corrected chi connectivity index (χ3v) is 5.37. The highest BCUT2D eigenvalue weighted by atomic mass is 19.1. The minimum Gasteiger partial charge on any atom is -0.484 e. The number of halogens is 1. The molecule has 1 N–H and O–H groups in total. The Kier molecular flexibility index (Phi) is 5.95. The van der Waals surface area contributed by atoms with Crippen molar-refractivity contribution >= 4 is 16.8 Å². The molecule has 1 saturated heterocycles. The van der Waals surface area contributed by atoms with Gasteiger partial charge in [0.25, 0.3) is 5.91 Å². The first-order chi connectivity index (χ1) is 14.5. The molecule has 6 heteroatoms. The summed E-state index contributed by atoms with van der Waals surface area (Å²) in [6.45, 7) is 4.95. The van der Waals surface area contributed by atoms with Crippen LogP contribution >= 0.6 is 0 Å². The molecule has 0 radical (unpaired) electrons. The number of hydrogen-bond donors (Lipinski definition) is 1. The number of benzene rings is 2. The maximum Gasteiger partial charge on any atom is 0.258 e. The minimum absolute atomic E-state index is 0.0375. The Bertz CT molecular complexity index is 1060. The molecule has 1 atom stereocenters. The van der Waals surface area contributed by atoms with Crippen molar-refractivity contribution < 1.29 is 18.7 Å². The molecule has 5 nitrogen and oxygen atoms in total. The molecule has 156 valence electrons. The second kappa shape index (κ2) is 8.79. The highest BCUT2D eigenvalue weighted by molar-refractivity contribution is 5.85. The zero-order valence-corrected chi connectivity index (χ0v) is 17.2. The van der Waals surface area contributed by atoms with Crippen LogP contribution in [0.2, 0.25) is 0 Å². The van der Waals surface area contributed by atoms with E-state index in [0.29, 0.717) is 17.9 Å². The predicted octanol–water partition coefficient (Wildman–Crippen LogP) is 4.33. The second-order valence-electron chi connectivity index (χ2n) is 7.70. The van der Waals surface area contributed by atoms with Crippen LogP contribution in [0.4, 0.5) is 4.39 Å². The molecule has 0 bridgehead atoms. The summed E-state index contributed by atoms with van der Waals surface area (Å²) >= 11 is 0. The summed E-state index contributed by atoms with van der Waals surface area (Å²) in [5.41, 5.74) is 4.06. The highest BCUT2D eigenvalue weighted by Gasteiger charge is 2.16. The van der Waals surface area contributed by atoms with Gasteiger partial charge in [0.1, 0.15) is 11.6 Å². The minimum atomic E-state index is -0.221. The Labute approximate surface area is 175 Å². The lowest BCUT2D eigenvalue weighted by Crippen LogP contribution is -2.35. The number of amides is 1. The molecular formula is C24H25FN2O3. The monoisotopic (exact) mass is 408 g/mol. The molecular weight excluding hydrogens is 383 g/mol. The van der Waals surface area contributed by atoms with Gasteiger partial charge in [0, 0.05) is 24.1 Å². The van der Waals surface area contributed by atoms with Gasteiger partial charge in [-0.15, -0.1) is 0 Å². The van der Waals surface area contributed by atoms with Crippen molar-refractivity contribution in [3.8, 4) is 17.0 Å². The Balaban J connectivity index is 1.40. The summed E-state index contributed by atoms with van der Waals surface area (Å²) in [5, 5.41) is 3.65. The molecule has 2 aromatic carbocycles. The largest absolute Gasteiger partial charge is 0.484 e. The average molecular weight is 408 g/mol. The lowest BCUT2D eigenvalue weighted by atomic mass is 10.0. The normalized spacial score (nSPS) is 16.0. The molecule has 1 amide bonds. The topological polar surface area (TPSA) is 60.5 Å². The maximum absolute atomic E-state index is 13.9. The first kappa shape index (κ1) is 20.3. The Morgan fingerprint density at radius 1 is 1.20 bits per heavy atom. The van der Waals surface area contributed by atoms with Crippen LogP contribution < -0.4 is 10.1 Å². The number of ether oxygens (including phenoxy) is 2. The lowest BCUT2D eigenvalue weighted by Gasteiger charge is -2.12. The van der Waals surface area contributed by atoms with Crippen LogP contribution in [0.25, 0.3) is 22.2 Å². The van der Waals surface area contributed by atoms with Gasteiger partial charge >= 0.3 is 0 Å². The molecule has 0 saturated carbocycles. The molecule has 1 aliphatic heterocycles. The number of aryl methyl sites for hydroxylation is 2. The number of rotatable bonds is 6. The van der Waals surface area contributed by atoms with E-state index < -0.39 is 0 Å². The fourth-order valence-electron chi connectivity index (χ4n) is 3.62. The third kappa shape index (κ3) is 4.60. The van der Waals surface area contributed by atoms with Gasteiger partial charge in [0.2, 0.25) is 0 Å². The van der Waals surface area contributed by atoms with E-state index in [9.17, 15) is 9.18 Å². The fourth-order valence-corrected chi connectivity index (χ4v) is 3.62. The number of fused-ring (bicyclic) bond motifs is 1. The number of nitrogens with one attached hydrogen (secondary N) is 1. The van der Waals surface area contributed by atoms with E-state index in [2.05, 4.69) is 5.32 Å². The van der Waals surface area contributed by atoms with Gasteiger partial charge < -0.3 is 14.8 Å². The van der Waals surface area contributed by atoms with Crippen LogP contribution in [0, 0.1) is 19.7 Å². The van der Waals surface area contributed by atoms with Crippen LogP contribution in [-0.4, -0.2) is 36.8 Å². The molecule has 30 heavy (non-hydrogen) atoms. The van der Waals surface area contributed by atoms with E-state index in [1.54, 1.807) is 13.0 Å². The van der Waals surface area contributed by atoms with Crippen LogP contribution in [0.1, 0.15) is 24.0 Å². The van der Waals surface area contributed by atoms with Gasteiger partial charge in [0.15, 0.2) is 6.61 Å². The van der Waals surface area contributed by atoms with E-state index in [0.717, 1.165) is 47.2 Å². The number of carbonyl (C=O) groups excluding carboxylic acids is 1. The van der Waals surface area contributed by atoms with Gasteiger partial charge in [-0.2, -0.15) is 0 Å². The van der Waals surface area contributed by atoms with Gasteiger partial charge in [-0.1, -0.05) is 0 Å². The molecule has 1 aliphatic rings. The molecule has 1 unspecified atom stereocenters. The fraction of sp³-hybridized carbons (Fsp3) is 0.333. The van der Waals surface area contributed by atoms with E-state index in [1.807, 2.05) is 37.3 Å². The maximum atomic E-state index is 13.9. The van der Waals surface area contributed by atoms with Crippen molar-refractivity contribution in [2.75, 3.05) is 19.8 Å². The number of hydrogen-bond acceptors (Lipinski definition) is 4. The average Bonchev–Trinajstić information content (AvgIpc) is 3.26. The first-order valence-corrected chi connectivity index (χ1v) is 10.2. The molecule has 0 spiro atoms. The Morgan fingerprint density at radius 3 is 2.73 bits per heavy atom. The second-order valence-corrected chi connectivity index (χ2v) is 7.70. The van der Waals surface area contributed by atoms with Crippen molar-refractivity contribution in [1.29, 1.82) is 0 Å². The SMILES string of the molecule is Cc1cc2nc(-c3ccc(OCC(=O)NCC4CCCO4)cc3)cc(C)c2cc1F. The van der Waals surface area contributed by atoms with E-state index >= 15 is 0 Å². The van der Waals surface area contributed by atoms with Gasteiger partial charge in [-0.25, -0.2) is 9.37 Å². The lowest BCUT2D eigenvalue weighted by molar-refractivity contribution is -0.123. The number of aromatic nitrogens is 1. The van der Waals surface area contributed by atoms with Crippen molar-refractivity contribution in [3.63, 3.8) is 0 Å². The zero-order valence-electron chi connectivity index (χ0n) is 17.2. The molecule has 1 aromatic heterocycles. The summed E-state index contributed by atoms with van der Waals surface area (Å²) in [4.78, 5) is 16.6. The summed E-state index contributed by atoms with van der Waals surface area (Å²) in [6.07, 6.45) is 2.15. The smallest absolute Gasteiger partial charge is 0.258 e. The third-order valence-electron chi connectivity index (χ3n) is 5.37. The van der Waals surface area contributed by atoms with Gasteiger partial charge in [-0.05, 0) is 80.3 Å². The van der Waals surface area contributed by atoms with Crippen LogP contribution in [0.3, 0.4) is 0 Å². The molecule has 2 heterocycles. The van der Waals surface area contributed by atoms with Crippen molar-refractivity contribution in [1.82, 2.24) is 10.3 Å². The summed E-state index contributed by atoms with van der Waals surface area (Å²) in [6, 6.07) is 12.7. The van der Waals surface area contributed by atoms with E-state index in [-0.39, 0.29) is 24.4 Å². The number of nitrogens with zero attached hydrogens (tertiary/aromatic N) is 1. The van der Waals surface area contributed by atoms with Crippen molar-refractivity contribution in [2.45, 2.75) is 32.8 Å². The standard InChI is InChI=1S/C24H25FN2O3/c1-15-10-22(27-23-11-16(2)21(25)12-20(15)23)17-5-7-18(8-6-17)30-14-24(28)26-13-19-4-3-9-29-19/h5-8,10-12,19H,3-4,9,13-14H2,1-2H3,(H,26,28). The highest BCUT2D eigenvalue weighted by Crippen LogP contribution is 2.27. The van der Waals surface area contributed by atoms with Crippen LogP contribution in [0.15, 0.2) is 42.5 Å². The molecule has 0 aliphatic carbocycles. The van der Waals surface area contributed by atoms with E-state index in [4.69, 9.17) is 14.5 Å². The number of pyridine rings is 1. The van der Waals surface area contributed by atoms with Crippen molar-refractivity contribution in [3.05, 3.63) is 59.4 Å². The zero-order chi connectivity index (χ0) is 21.1. The molecule has 3 aromatic rings. The quantitative estimate of drug-likeness (QED) is 0.660. The summed E-state index contributed by atoms with van der Waals surface area (Å²) in [7, 11) is 0. The van der Waals surface area contributed by atoms with Crippen LogP contribution in [-0.2, 0) is 9.53 Å². The molecule has 1 fully saturated rings.